The van der Waals surface area contributed by atoms with Crippen LogP contribution in [0.4, 0.5) is 0 Å². The summed E-state index contributed by atoms with van der Waals surface area (Å²) in [6, 6.07) is 0. The summed E-state index contributed by atoms with van der Waals surface area (Å²) in [6.45, 7) is 2.26. The highest BCUT2D eigenvalue weighted by Gasteiger charge is 2.14. The lowest BCUT2D eigenvalue weighted by atomic mass is 9.85. The second kappa shape index (κ2) is 4.82. The molecule has 1 fully saturated rings. The summed E-state index contributed by atoms with van der Waals surface area (Å²) in [6.07, 6.45) is 16.2. The van der Waals surface area contributed by atoms with Gasteiger partial charge in [0, 0.05) is 0 Å². The fourth-order valence-electron chi connectivity index (χ4n) is 2.80. The molecule has 0 amide bonds. The van der Waals surface area contributed by atoms with E-state index in [4.69, 9.17) is 0 Å². The SMILES string of the molecule is CC1=CCC=C1CCC1CCCCC1. The summed E-state index contributed by atoms with van der Waals surface area (Å²) >= 11 is 0. The standard InChI is InChI=1S/C14H22/c1-12-6-5-9-14(12)11-10-13-7-3-2-4-8-13/h6,9,13H,2-5,7-8,10-11H2,1H3. The summed E-state index contributed by atoms with van der Waals surface area (Å²) in [5.41, 5.74) is 3.18. The highest BCUT2D eigenvalue weighted by Crippen LogP contribution is 2.31. The number of rotatable bonds is 3. The molecule has 0 heterocycles. The zero-order valence-corrected chi connectivity index (χ0v) is 9.39. The molecule has 0 aromatic heterocycles. The van der Waals surface area contributed by atoms with E-state index < -0.39 is 0 Å². The first-order chi connectivity index (χ1) is 6.86. The molecule has 0 atom stereocenters. The smallest absolute Gasteiger partial charge is 0.0157 e. The van der Waals surface area contributed by atoms with Crippen molar-refractivity contribution in [3.8, 4) is 0 Å². The van der Waals surface area contributed by atoms with Gasteiger partial charge in [0.2, 0.25) is 0 Å². The second-order valence-electron chi connectivity index (χ2n) is 4.89. The minimum Gasteiger partial charge on any atom is -0.0775 e. The molecular formula is C14H22. The van der Waals surface area contributed by atoms with Gasteiger partial charge < -0.3 is 0 Å². The molecule has 2 rings (SSSR count). The summed E-state index contributed by atoms with van der Waals surface area (Å²) in [5, 5.41) is 0. The third-order valence-electron chi connectivity index (χ3n) is 3.84. The molecule has 0 aromatic rings. The molecule has 0 saturated heterocycles. The maximum absolute atomic E-state index is 2.41. The molecule has 0 aliphatic heterocycles. The Morgan fingerprint density at radius 1 is 1.14 bits per heavy atom. The predicted molar refractivity (Wildman–Crippen MR) is 62.3 cm³/mol. The second-order valence-corrected chi connectivity index (χ2v) is 4.89. The third kappa shape index (κ3) is 2.50. The van der Waals surface area contributed by atoms with Crippen LogP contribution < -0.4 is 0 Å². The Kier molecular flexibility index (Phi) is 3.44. The van der Waals surface area contributed by atoms with Gasteiger partial charge >= 0.3 is 0 Å². The normalized spacial score (nSPS) is 23.5. The number of hydrogen-bond donors (Lipinski definition) is 0. The van der Waals surface area contributed by atoms with E-state index in [2.05, 4.69) is 19.1 Å². The van der Waals surface area contributed by atoms with Crippen molar-refractivity contribution in [2.24, 2.45) is 5.92 Å². The molecule has 78 valence electrons. The summed E-state index contributed by atoms with van der Waals surface area (Å²) in [7, 11) is 0. The summed E-state index contributed by atoms with van der Waals surface area (Å²) in [5.74, 6) is 1.04. The minimum atomic E-state index is 1.04. The molecule has 0 spiro atoms. The predicted octanol–water partition coefficient (Wildman–Crippen LogP) is 4.62. The van der Waals surface area contributed by atoms with Crippen LogP contribution >= 0.6 is 0 Å². The lowest BCUT2D eigenvalue weighted by molar-refractivity contribution is 0.339. The van der Waals surface area contributed by atoms with Crippen molar-refractivity contribution in [3.05, 3.63) is 23.3 Å². The first-order valence-corrected chi connectivity index (χ1v) is 6.22. The van der Waals surface area contributed by atoms with Gasteiger partial charge in [0.25, 0.3) is 0 Å². The molecule has 14 heavy (non-hydrogen) atoms. The van der Waals surface area contributed by atoms with Crippen LogP contribution in [0.25, 0.3) is 0 Å². The molecule has 0 radical (unpaired) electrons. The van der Waals surface area contributed by atoms with Crippen LogP contribution in [0.15, 0.2) is 23.3 Å². The van der Waals surface area contributed by atoms with Gasteiger partial charge in [-0.15, -0.1) is 0 Å². The van der Waals surface area contributed by atoms with Gasteiger partial charge in [-0.3, -0.25) is 0 Å². The molecule has 0 bridgehead atoms. The largest absolute Gasteiger partial charge is 0.0775 e. The van der Waals surface area contributed by atoms with E-state index in [0.717, 1.165) is 5.92 Å². The average Bonchev–Trinajstić information content (AvgIpc) is 2.63. The summed E-state index contributed by atoms with van der Waals surface area (Å²) < 4.78 is 0. The maximum atomic E-state index is 2.41. The molecule has 1 saturated carbocycles. The van der Waals surface area contributed by atoms with Crippen molar-refractivity contribution in [1.29, 1.82) is 0 Å². The number of hydrogen-bond acceptors (Lipinski definition) is 0. The van der Waals surface area contributed by atoms with Crippen molar-refractivity contribution >= 4 is 0 Å². The molecular weight excluding hydrogens is 168 g/mol. The van der Waals surface area contributed by atoms with Gasteiger partial charge in [-0.1, -0.05) is 49.8 Å². The van der Waals surface area contributed by atoms with E-state index in [9.17, 15) is 0 Å². The maximum Gasteiger partial charge on any atom is -0.0157 e. The first kappa shape index (κ1) is 10.0. The van der Waals surface area contributed by atoms with E-state index in [1.165, 1.54) is 51.4 Å². The Morgan fingerprint density at radius 3 is 2.57 bits per heavy atom. The zero-order chi connectivity index (χ0) is 9.80. The van der Waals surface area contributed by atoms with Crippen LogP contribution in [-0.4, -0.2) is 0 Å². The van der Waals surface area contributed by atoms with Crippen LogP contribution in [0.3, 0.4) is 0 Å². The topological polar surface area (TPSA) is 0 Å². The van der Waals surface area contributed by atoms with Crippen LogP contribution in [0, 0.1) is 5.92 Å². The van der Waals surface area contributed by atoms with Gasteiger partial charge in [-0.05, 0) is 37.7 Å². The molecule has 0 heteroatoms. The Bertz CT molecular complexity index is 239. The van der Waals surface area contributed by atoms with Crippen molar-refractivity contribution in [3.63, 3.8) is 0 Å². The van der Waals surface area contributed by atoms with E-state index in [-0.39, 0.29) is 0 Å². The lowest BCUT2D eigenvalue weighted by Gasteiger charge is -2.21. The fourth-order valence-corrected chi connectivity index (χ4v) is 2.80. The Hall–Kier alpha value is -0.520. The van der Waals surface area contributed by atoms with E-state index in [0.29, 0.717) is 0 Å². The zero-order valence-electron chi connectivity index (χ0n) is 9.39. The van der Waals surface area contributed by atoms with Crippen molar-refractivity contribution in [2.45, 2.75) is 58.3 Å². The quantitative estimate of drug-likeness (QED) is 0.609. The Morgan fingerprint density at radius 2 is 1.93 bits per heavy atom. The van der Waals surface area contributed by atoms with Gasteiger partial charge in [0.1, 0.15) is 0 Å². The van der Waals surface area contributed by atoms with Crippen molar-refractivity contribution in [2.75, 3.05) is 0 Å². The van der Waals surface area contributed by atoms with Crippen LogP contribution in [0.1, 0.15) is 58.3 Å². The molecule has 0 nitrogen and oxygen atoms in total. The molecule has 2 aliphatic rings. The Balaban J connectivity index is 1.74. The van der Waals surface area contributed by atoms with E-state index in [1.807, 2.05) is 0 Å². The van der Waals surface area contributed by atoms with Crippen LogP contribution in [0.2, 0.25) is 0 Å². The molecule has 0 unspecified atom stereocenters. The molecule has 0 aromatic carbocycles. The highest BCUT2D eigenvalue weighted by atomic mass is 14.2. The van der Waals surface area contributed by atoms with E-state index in [1.54, 1.807) is 11.1 Å². The first-order valence-electron chi connectivity index (χ1n) is 6.22. The summed E-state index contributed by atoms with van der Waals surface area (Å²) in [4.78, 5) is 0. The van der Waals surface area contributed by atoms with Crippen molar-refractivity contribution < 1.29 is 0 Å². The van der Waals surface area contributed by atoms with E-state index >= 15 is 0 Å². The fraction of sp³-hybridized carbons (Fsp3) is 0.714. The van der Waals surface area contributed by atoms with Crippen LogP contribution in [-0.2, 0) is 0 Å². The average molecular weight is 190 g/mol. The molecule has 2 aliphatic carbocycles. The Labute approximate surface area is 88.1 Å². The van der Waals surface area contributed by atoms with Gasteiger partial charge in [0.05, 0.1) is 0 Å². The monoisotopic (exact) mass is 190 g/mol. The lowest BCUT2D eigenvalue weighted by Crippen LogP contribution is -2.06. The number of allylic oxidation sites excluding steroid dienone is 4. The molecule has 0 N–H and O–H groups in total. The van der Waals surface area contributed by atoms with Gasteiger partial charge in [0.15, 0.2) is 0 Å². The van der Waals surface area contributed by atoms with Gasteiger partial charge in [-0.25, -0.2) is 0 Å². The van der Waals surface area contributed by atoms with Gasteiger partial charge in [-0.2, -0.15) is 0 Å². The third-order valence-corrected chi connectivity index (χ3v) is 3.84. The highest BCUT2D eigenvalue weighted by molar-refractivity contribution is 5.35. The minimum absolute atomic E-state index is 1.04. The van der Waals surface area contributed by atoms with Crippen LogP contribution in [0.5, 0.6) is 0 Å². The van der Waals surface area contributed by atoms with Crippen molar-refractivity contribution in [1.82, 2.24) is 0 Å².